The molecule has 0 aliphatic rings. The van der Waals surface area contributed by atoms with Crippen molar-refractivity contribution in [1.82, 2.24) is 4.98 Å². The quantitative estimate of drug-likeness (QED) is 0.595. The minimum atomic E-state index is 0.472. The molecule has 0 amide bonds. The van der Waals surface area contributed by atoms with Crippen molar-refractivity contribution in [3.63, 3.8) is 0 Å². The van der Waals surface area contributed by atoms with E-state index < -0.39 is 0 Å². The summed E-state index contributed by atoms with van der Waals surface area (Å²) >= 11 is 5.84. The molecule has 1 heterocycles. The number of hydrogen-bond acceptors (Lipinski definition) is 2. The molecule has 21 heavy (non-hydrogen) atoms. The Morgan fingerprint density at radius 3 is 2.14 bits per heavy atom. The van der Waals surface area contributed by atoms with Crippen LogP contribution in [0.2, 0.25) is 5.15 Å². The number of benzene rings is 2. The Morgan fingerprint density at radius 1 is 0.810 bits per heavy atom. The predicted molar refractivity (Wildman–Crippen MR) is 85.9 cm³/mol. The Balaban J connectivity index is 1.81. The van der Waals surface area contributed by atoms with E-state index in [2.05, 4.69) is 17.1 Å². The minimum absolute atomic E-state index is 0.472. The molecule has 3 aromatic rings. The van der Waals surface area contributed by atoms with Gasteiger partial charge in [-0.05, 0) is 42.3 Å². The molecule has 0 fully saturated rings. The van der Waals surface area contributed by atoms with E-state index in [0.29, 0.717) is 10.9 Å². The molecule has 0 atom stereocenters. The van der Waals surface area contributed by atoms with E-state index in [1.165, 1.54) is 5.56 Å². The molecule has 2 nitrogen and oxygen atoms in total. The standard InChI is InChI=1S/C18H14ClNO/c1-13-17(11-12-18(19)20-13)21-16-9-7-15(8-10-16)14-5-3-2-4-6-14/h2-12H,1H3. The van der Waals surface area contributed by atoms with Gasteiger partial charge in [0.2, 0.25) is 0 Å². The normalized spacial score (nSPS) is 10.4. The van der Waals surface area contributed by atoms with Crippen LogP contribution in [-0.4, -0.2) is 4.98 Å². The van der Waals surface area contributed by atoms with Crippen molar-refractivity contribution in [1.29, 1.82) is 0 Å². The van der Waals surface area contributed by atoms with Gasteiger partial charge in [0.25, 0.3) is 0 Å². The van der Waals surface area contributed by atoms with Gasteiger partial charge in [-0.2, -0.15) is 0 Å². The van der Waals surface area contributed by atoms with Crippen LogP contribution in [-0.2, 0) is 0 Å². The van der Waals surface area contributed by atoms with E-state index in [1.807, 2.05) is 55.5 Å². The number of aryl methyl sites for hydroxylation is 1. The average Bonchev–Trinajstić information content (AvgIpc) is 2.52. The highest BCUT2D eigenvalue weighted by Crippen LogP contribution is 2.27. The van der Waals surface area contributed by atoms with Crippen LogP contribution in [0.25, 0.3) is 11.1 Å². The fourth-order valence-electron chi connectivity index (χ4n) is 2.10. The Morgan fingerprint density at radius 2 is 1.48 bits per heavy atom. The molecule has 1 aromatic heterocycles. The Kier molecular flexibility index (Phi) is 3.89. The van der Waals surface area contributed by atoms with Crippen LogP contribution in [0.1, 0.15) is 5.69 Å². The number of halogens is 1. The fraction of sp³-hybridized carbons (Fsp3) is 0.0556. The third-order valence-electron chi connectivity index (χ3n) is 3.19. The zero-order valence-corrected chi connectivity index (χ0v) is 12.3. The molecule has 0 aliphatic heterocycles. The van der Waals surface area contributed by atoms with Crippen molar-refractivity contribution < 1.29 is 4.74 Å². The number of rotatable bonds is 3. The van der Waals surface area contributed by atoms with E-state index in [9.17, 15) is 0 Å². The molecule has 104 valence electrons. The van der Waals surface area contributed by atoms with E-state index in [4.69, 9.17) is 16.3 Å². The summed E-state index contributed by atoms with van der Waals surface area (Å²) in [6, 6.07) is 21.8. The Labute approximate surface area is 129 Å². The van der Waals surface area contributed by atoms with Gasteiger partial charge in [0.15, 0.2) is 0 Å². The van der Waals surface area contributed by atoms with Gasteiger partial charge >= 0.3 is 0 Å². The topological polar surface area (TPSA) is 22.1 Å². The highest BCUT2D eigenvalue weighted by Gasteiger charge is 2.04. The van der Waals surface area contributed by atoms with E-state index in [-0.39, 0.29) is 0 Å². The summed E-state index contributed by atoms with van der Waals surface area (Å²) in [5.74, 6) is 1.49. The molecule has 0 unspecified atom stereocenters. The third-order valence-corrected chi connectivity index (χ3v) is 3.40. The van der Waals surface area contributed by atoms with Gasteiger partial charge in [0.05, 0.1) is 5.69 Å². The molecule has 0 N–H and O–H groups in total. The summed E-state index contributed by atoms with van der Waals surface area (Å²) in [7, 11) is 0. The fourth-order valence-corrected chi connectivity index (χ4v) is 2.29. The Hall–Kier alpha value is -2.32. The maximum atomic E-state index is 5.84. The largest absolute Gasteiger partial charge is 0.455 e. The molecule has 2 aromatic carbocycles. The SMILES string of the molecule is Cc1nc(Cl)ccc1Oc1ccc(-c2ccccc2)cc1. The van der Waals surface area contributed by atoms with Crippen LogP contribution in [0.4, 0.5) is 0 Å². The molecule has 3 rings (SSSR count). The van der Waals surface area contributed by atoms with Gasteiger partial charge < -0.3 is 4.74 Å². The van der Waals surface area contributed by atoms with E-state index in [0.717, 1.165) is 17.0 Å². The smallest absolute Gasteiger partial charge is 0.148 e. The summed E-state index contributed by atoms with van der Waals surface area (Å²) in [6.45, 7) is 1.87. The summed E-state index contributed by atoms with van der Waals surface area (Å²) in [6.07, 6.45) is 0. The predicted octanol–water partition coefficient (Wildman–Crippen LogP) is 5.50. The van der Waals surface area contributed by atoms with Crippen LogP contribution in [0, 0.1) is 6.92 Å². The molecular weight excluding hydrogens is 282 g/mol. The second-order valence-electron chi connectivity index (χ2n) is 4.71. The molecule has 3 heteroatoms. The molecule has 0 saturated carbocycles. The summed E-state index contributed by atoms with van der Waals surface area (Å²) in [5, 5.41) is 0.472. The van der Waals surface area contributed by atoms with Crippen molar-refractivity contribution in [3.05, 3.63) is 77.6 Å². The van der Waals surface area contributed by atoms with Crippen molar-refractivity contribution in [2.45, 2.75) is 6.92 Å². The first-order valence-electron chi connectivity index (χ1n) is 6.69. The number of aromatic nitrogens is 1. The number of ether oxygens (including phenoxy) is 1. The lowest BCUT2D eigenvalue weighted by atomic mass is 10.1. The van der Waals surface area contributed by atoms with Gasteiger partial charge in [-0.1, -0.05) is 54.1 Å². The molecule has 0 saturated heterocycles. The maximum Gasteiger partial charge on any atom is 0.148 e. The lowest BCUT2D eigenvalue weighted by Crippen LogP contribution is -1.90. The first-order chi connectivity index (χ1) is 10.2. The Bertz CT molecular complexity index is 739. The molecule has 0 spiro atoms. The van der Waals surface area contributed by atoms with Crippen LogP contribution < -0.4 is 4.74 Å². The van der Waals surface area contributed by atoms with Crippen molar-refractivity contribution in [3.8, 4) is 22.6 Å². The second-order valence-corrected chi connectivity index (χ2v) is 5.10. The highest BCUT2D eigenvalue weighted by atomic mass is 35.5. The molecule has 0 radical (unpaired) electrons. The van der Waals surface area contributed by atoms with Crippen molar-refractivity contribution in [2.24, 2.45) is 0 Å². The van der Waals surface area contributed by atoms with E-state index >= 15 is 0 Å². The van der Waals surface area contributed by atoms with Gasteiger partial charge in [0.1, 0.15) is 16.7 Å². The second kappa shape index (κ2) is 5.98. The summed E-state index contributed by atoms with van der Waals surface area (Å²) in [4.78, 5) is 4.18. The van der Waals surface area contributed by atoms with Crippen LogP contribution >= 0.6 is 11.6 Å². The van der Waals surface area contributed by atoms with E-state index in [1.54, 1.807) is 6.07 Å². The zero-order chi connectivity index (χ0) is 14.7. The minimum Gasteiger partial charge on any atom is -0.455 e. The molecule has 0 aliphatic carbocycles. The lowest BCUT2D eigenvalue weighted by molar-refractivity contribution is 0.476. The molecular formula is C18H14ClNO. The lowest BCUT2D eigenvalue weighted by Gasteiger charge is -2.09. The van der Waals surface area contributed by atoms with Gasteiger partial charge in [0, 0.05) is 0 Å². The maximum absolute atomic E-state index is 5.84. The molecule has 0 bridgehead atoms. The van der Waals surface area contributed by atoms with Crippen LogP contribution in [0.15, 0.2) is 66.7 Å². The average molecular weight is 296 g/mol. The van der Waals surface area contributed by atoms with Gasteiger partial charge in [-0.25, -0.2) is 4.98 Å². The summed E-state index contributed by atoms with van der Waals surface area (Å²) in [5.41, 5.74) is 3.12. The third kappa shape index (κ3) is 3.23. The van der Waals surface area contributed by atoms with Crippen LogP contribution in [0.5, 0.6) is 11.5 Å². The van der Waals surface area contributed by atoms with Gasteiger partial charge in [-0.15, -0.1) is 0 Å². The zero-order valence-electron chi connectivity index (χ0n) is 11.6. The number of nitrogens with zero attached hydrogens (tertiary/aromatic N) is 1. The first-order valence-corrected chi connectivity index (χ1v) is 7.07. The number of hydrogen-bond donors (Lipinski definition) is 0. The monoisotopic (exact) mass is 295 g/mol. The first kappa shape index (κ1) is 13.7. The van der Waals surface area contributed by atoms with Crippen molar-refractivity contribution in [2.75, 3.05) is 0 Å². The number of pyridine rings is 1. The summed E-state index contributed by atoms with van der Waals surface area (Å²) < 4.78 is 5.83. The van der Waals surface area contributed by atoms with Crippen molar-refractivity contribution >= 4 is 11.6 Å². The van der Waals surface area contributed by atoms with Crippen LogP contribution in [0.3, 0.4) is 0 Å². The highest BCUT2D eigenvalue weighted by molar-refractivity contribution is 6.29. The van der Waals surface area contributed by atoms with Gasteiger partial charge in [-0.3, -0.25) is 0 Å².